The molecule has 0 aliphatic carbocycles. The number of aliphatic carboxylic acids is 1. The molecule has 1 heterocycles. The zero-order valence-electron chi connectivity index (χ0n) is 14.8. The highest BCUT2D eigenvalue weighted by Gasteiger charge is 2.60. The first kappa shape index (κ1) is 23.5. The lowest BCUT2D eigenvalue weighted by Gasteiger charge is -2.20. The topological polar surface area (TPSA) is 90.6 Å². The van der Waals surface area contributed by atoms with Crippen LogP contribution in [0.1, 0.15) is 11.3 Å². The van der Waals surface area contributed by atoms with E-state index in [9.17, 15) is 35.9 Å². The number of nitrogens with zero attached hydrogens (tertiary/aromatic N) is 2. The summed E-state index contributed by atoms with van der Waals surface area (Å²) in [7, 11) is 0.818. The SMILES string of the molecule is COc1nc(C(F)(F)C(F)(F)F)cc(=O)n1-c1cc(COCC(=O)O)c(Cl)cc1F. The van der Waals surface area contributed by atoms with Gasteiger partial charge in [0.2, 0.25) is 0 Å². The molecule has 0 atom stereocenters. The van der Waals surface area contributed by atoms with Crippen LogP contribution in [0, 0.1) is 5.82 Å². The van der Waals surface area contributed by atoms with Gasteiger partial charge in [0.1, 0.15) is 18.1 Å². The van der Waals surface area contributed by atoms with Gasteiger partial charge < -0.3 is 14.6 Å². The minimum Gasteiger partial charge on any atom is -0.480 e. The van der Waals surface area contributed by atoms with Gasteiger partial charge in [0, 0.05) is 11.1 Å². The maximum Gasteiger partial charge on any atom is 0.459 e. The number of alkyl halides is 5. The number of methoxy groups -OCH3 is 1. The number of carboxylic acid groups (broad SMARTS) is 1. The normalized spacial score (nSPS) is 12.1. The first-order chi connectivity index (χ1) is 13.8. The Labute approximate surface area is 168 Å². The summed E-state index contributed by atoms with van der Waals surface area (Å²) in [5.74, 6) is -7.94. The molecular weight excluding hydrogens is 450 g/mol. The Morgan fingerprint density at radius 1 is 1.23 bits per heavy atom. The van der Waals surface area contributed by atoms with Crippen molar-refractivity contribution in [2.45, 2.75) is 18.7 Å². The summed E-state index contributed by atoms with van der Waals surface area (Å²) in [5, 5.41) is 8.34. The third-order valence-corrected chi connectivity index (χ3v) is 3.94. The van der Waals surface area contributed by atoms with Gasteiger partial charge >= 0.3 is 24.1 Å². The molecule has 1 aromatic heterocycles. The molecule has 0 fully saturated rings. The number of ether oxygens (including phenoxy) is 2. The summed E-state index contributed by atoms with van der Waals surface area (Å²) in [6, 6.07) is 0.456. The van der Waals surface area contributed by atoms with Gasteiger partial charge in [-0.15, -0.1) is 0 Å². The van der Waals surface area contributed by atoms with Crippen molar-refractivity contribution in [3.63, 3.8) is 0 Å². The zero-order chi connectivity index (χ0) is 22.9. The second kappa shape index (κ2) is 8.52. The van der Waals surface area contributed by atoms with E-state index in [1.807, 2.05) is 0 Å². The fraction of sp³-hybridized carbons (Fsp3) is 0.312. The van der Waals surface area contributed by atoms with Crippen molar-refractivity contribution in [3.8, 4) is 11.7 Å². The van der Waals surface area contributed by atoms with E-state index in [0.29, 0.717) is 10.6 Å². The lowest BCUT2D eigenvalue weighted by molar-refractivity contribution is -0.291. The number of carboxylic acids is 1. The molecule has 164 valence electrons. The standard InChI is InChI=1S/C16H11ClF6N2O5/c1-29-14-24-11(15(19,20)16(21,22)23)4-12(26)25(14)10-2-7(5-30-6-13(27)28)8(17)3-9(10)18/h2-4H,5-6H2,1H3,(H,27,28). The van der Waals surface area contributed by atoms with E-state index >= 15 is 0 Å². The van der Waals surface area contributed by atoms with Gasteiger partial charge in [0.25, 0.3) is 5.56 Å². The number of benzene rings is 1. The summed E-state index contributed by atoms with van der Waals surface area (Å²) < 4.78 is 89.0. The van der Waals surface area contributed by atoms with E-state index in [-0.39, 0.29) is 16.7 Å². The molecule has 2 aromatic rings. The van der Waals surface area contributed by atoms with Crippen LogP contribution in [0.2, 0.25) is 5.02 Å². The summed E-state index contributed by atoms with van der Waals surface area (Å²) in [5.41, 5.74) is -4.09. The summed E-state index contributed by atoms with van der Waals surface area (Å²) in [4.78, 5) is 25.8. The van der Waals surface area contributed by atoms with Crippen LogP contribution in [0.3, 0.4) is 0 Å². The number of hydrogen-bond donors (Lipinski definition) is 1. The second-order valence-corrected chi connectivity index (χ2v) is 6.06. The van der Waals surface area contributed by atoms with Crippen molar-refractivity contribution in [2.24, 2.45) is 0 Å². The maximum absolute atomic E-state index is 14.4. The van der Waals surface area contributed by atoms with E-state index in [2.05, 4.69) is 9.72 Å². The molecule has 0 aliphatic heterocycles. The highest BCUT2D eigenvalue weighted by molar-refractivity contribution is 6.31. The Morgan fingerprint density at radius 3 is 2.40 bits per heavy atom. The number of carbonyl (C=O) groups is 1. The highest BCUT2D eigenvalue weighted by atomic mass is 35.5. The van der Waals surface area contributed by atoms with Gasteiger partial charge in [0.05, 0.1) is 19.4 Å². The molecule has 0 saturated carbocycles. The molecule has 2 rings (SSSR count). The van der Waals surface area contributed by atoms with Crippen molar-refractivity contribution < 1.29 is 45.7 Å². The smallest absolute Gasteiger partial charge is 0.459 e. The molecule has 0 spiro atoms. The van der Waals surface area contributed by atoms with E-state index in [1.54, 1.807) is 0 Å². The largest absolute Gasteiger partial charge is 0.480 e. The molecule has 7 nitrogen and oxygen atoms in total. The van der Waals surface area contributed by atoms with Crippen molar-refractivity contribution in [2.75, 3.05) is 13.7 Å². The molecule has 0 amide bonds. The predicted molar refractivity (Wildman–Crippen MR) is 88.6 cm³/mol. The summed E-state index contributed by atoms with van der Waals surface area (Å²) in [6.07, 6.45) is -6.04. The molecule has 0 radical (unpaired) electrons. The number of halogens is 7. The zero-order valence-corrected chi connectivity index (χ0v) is 15.5. The monoisotopic (exact) mass is 460 g/mol. The van der Waals surface area contributed by atoms with E-state index in [1.165, 1.54) is 0 Å². The lowest BCUT2D eigenvalue weighted by atomic mass is 10.2. The Morgan fingerprint density at radius 2 is 1.87 bits per heavy atom. The highest BCUT2D eigenvalue weighted by Crippen LogP contribution is 2.43. The lowest BCUT2D eigenvalue weighted by Crippen LogP contribution is -2.36. The number of hydrogen-bond acceptors (Lipinski definition) is 5. The third-order valence-electron chi connectivity index (χ3n) is 3.59. The van der Waals surface area contributed by atoms with Crippen LogP contribution >= 0.6 is 11.6 Å². The third kappa shape index (κ3) is 4.67. The van der Waals surface area contributed by atoms with Crippen LogP contribution in [0.25, 0.3) is 5.69 Å². The van der Waals surface area contributed by atoms with Crippen LogP contribution in [-0.2, 0) is 22.1 Å². The predicted octanol–water partition coefficient (Wildman–Crippen LogP) is 3.29. The Bertz CT molecular complexity index is 1020. The Balaban J connectivity index is 2.61. The number of aromatic nitrogens is 2. The summed E-state index contributed by atoms with van der Waals surface area (Å²) >= 11 is 5.83. The van der Waals surface area contributed by atoms with Gasteiger partial charge in [0.15, 0.2) is 0 Å². The fourth-order valence-electron chi connectivity index (χ4n) is 2.24. The van der Waals surface area contributed by atoms with E-state index in [0.717, 1.165) is 13.2 Å². The number of rotatable bonds is 7. The van der Waals surface area contributed by atoms with Gasteiger partial charge in [-0.2, -0.15) is 26.9 Å². The summed E-state index contributed by atoms with van der Waals surface area (Å²) in [6.45, 7) is -1.16. The van der Waals surface area contributed by atoms with E-state index < -0.39 is 60.1 Å². The molecule has 1 N–H and O–H groups in total. The molecule has 1 aromatic carbocycles. The van der Waals surface area contributed by atoms with Crippen LogP contribution in [0.4, 0.5) is 26.3 Å². The Hall–Kier alpha value is -2.80. The minimum atomic E-state index is -6.04. The van der Waals surface area contributed by atoms with Gasteiger partial charge in [-0.3, -0.25) is 4.79 Å². The second-order valence-electron chi connectivity index (χ2n) is 5.66. The van der Waals surface area contributed by atoms with Crippen LogP contribution in [0.5, 0.6) is 6.01 Å². The minimum absolute atomic E-state index is 0.00651. The van der Waals surface area contributed by atoms with E-state index in [4.69, 9.17) is 21.4 Å². The molecular formula is C16H11ClF6N2O5. The van der Waals surface area contributed by atoms with Crippen LogP contribution in [0.15, 0.2) is 23.0 Å². The average Bonchev–Trinajstić information content (AvgIpc) is 2.62. The molecule has 0 aliphatic rings. The van der Waals surface area contributed by atoms with Gasteiger partial charge in [-0.1, -0.05) is 11.6 Å². The molecule has 0 unspecified atom stereocenters. The fourth-order valence-corrected chi connectivity index (χ4v) is 2.44. The van der Waals surface area contributed by atoms with Crippen molar-refractivity contribution in [1.82, 2.24) is 9.55 Å². The van der Waals surface area contributed by atoms with Crippen molar-refractivity contribution in [3.05, 3.63) is 50.7 Å². The van der Waals surface area contributed by atoms with Gasteiger partial charge in [-0.05, 0) is 17.7 Å². The molecule has 0 saturated heterocycles. The Kier molecular flexibility index (Phi) is 6.67. The maximum atomic E-state index is 14.4. The molecule has 14 heteroatoms. The molecule has 30 heavy (non-hydrogen) atoms. The quantitative estimate of drug-likeness (QED) is 0.638. The van der Waals surface area contributed by atoms with Crippen molar-refractivity contribution in [1.29, 1.82) is 0 Å². The first-order valence-corrected chi connectivity index (χ1v) is 8.08. The van der Waals surface area contributed by atoms with Crippen molar-refractivity contribution >= 4 is 17.6 Å². The first-order valence-electron chi connectivity index (χ1n) is 7.70. The average molecular weight is 461 g/mol. The van der Waals surface area contributed by atoms with Crippen LogP contribution < -0.4 is 10.3 Å². The molecule has 0 bridgehead atoms. The van der Waals surface area contributed by atoms with Gasteiger partial charge in [-0.25, -0.2) is 13.8 Å². The van der Waals surface area contributed by atoms with Crippen LogP contribution in [-0.4, -0.2) is 40.5 Å².